The van der Waals surface area contributed by atoms with Crippen molar-refractivity contribution < 1.29 is 9.26 Å². The Bertz CT molecular complexity index is 288. The highest BCUT2D eigenvalue weighted by molar-refractivity contribution is 4.89. The zero-order chi connectivity index (χ0) is 11.3. The largest absolute Gasteiger partial charge is 0.385 e. The van der Waals surface area contributed by atoms with Gasteiger partial charge in [-0.25, -0.2) is 0 Å². The van der Waals surface area contributed by atoms with Gasteiger partial charge >= 0.3 is 0 Å². The maximum absolute atomic E-state index is 5.12. The van der Waals surface area contributed by atoms with Gasteiger partial charge in [0.2, 0.25) is 5.89 Å². The van der Waals surface area contributed by atoms with E-state index in [0.717, 1.165) is 19.6 Å². The third kappa shape index (κ3) is 3.60. The van der Waals surface area contributed by atoms with E-state index in [0.29, 0.717) is 11.7 Å². The summed E-state index contributed by atoms with van der Waals surface area (Å²) in [5.74, 6) is 1.36. The third-order valence-corrected chi connectivity index (χ3v) is 2.42. The number of aromatic nitrogens is 2. The molecule has 1 aromatic heterocycles. The molecule has 0 saturated carbocycles. The van der Waals surface area contributed by atoms with E-state index in [1.54, 1.807) is 7.11 Å². The summed E-state index contributed by atoms with van der Waals surface area (Å²) in [6.45, 7) is 5.61. The molecule has 0 spiro atoms. The Morgan fingerprint density at radius 1 is 1.53 bits per heavy atom. The first kappa shape index (κ1) is 12.1. The van der Waals surface area contributed by atoms with Gasteiger partial charge in [0.15, 0.2) is 5.82 Å². The zero-order valence-corrected chi connectivity index (χ0v) is 9.86. The topological polar surface area (TPSA) is 51.4 Å². The second-order valence-electron chi connectivity index (χ2n) is 3.68. The highest BCUT2D eigenvalue weighted by Crippen LogP contribution is 2.16. The molecule has 15 heavy (non-hydrogen) atoms. The van der Waals surface area contributed by atoms with Crippen molar-refractivity contribution in [2.24, 2.45) is 0 Å². The number of methoxy groups -OCH3 is 1. The normalized spacial score (nSPS) is 13.4. The van der Waals surface area contributed by atoms with Crippen molar-refractivity contribution in [1.82, 2.24) is 15.0 Å². The van der Waals surface area contributed by atoms with E-state index in [4.69, 9.17) is 9.26 Å². The van der Waals surface area contributed by atoms with Gasteiger partial charge in [-0.2, -0.15) is 4.98 Å². The fourth-order valence-electron chi connectivity index (χ4n) is 1.32. The second kappa shape index (κ2) is 5.82. The van der Waals surface area contributed by atoms with Crippen molar-refractivity contribution in [2.45, 2.75) is 26.3 Å². The van der Waals surface area contributed by atoms with Crippen LogP contribution in [0.1, 0.15) is 31.1 Å². The highest BCUT2D eigenvalue weighted by Gasteiger charge is 2.17. The van der Waals surface area contributed by atoms with Crippen molar-refractivity contribution in [3.05, 3.63) is 11.7 Å². The summed E-state index contributed by atoms with van der Waals surface area (Å²) in [5.41, 5.74) is 0. The van der Waals surface area contributed by atoms with E-state index in [1.807, 2.05) is 14.0 Å². The maximum atomic E-state index is 5.12. The molecule has 0 aliphatic heterocycles. The predicted octanol–water partition coefficient (Wildman–Crippen LogP) is 1.41. The molecule has 0 fully saturated rings. The Labute approximate surface area is 90.4 Å². The number of hydrogen-bond acceptors (Lipinski definition) is 5. The van der Waals surface area contributed by atoms with E-state index in [1.165, 1.54) is 0 Å². The summed E-state index contributed by atoms with van der Waals surface area (Å²) in [5, 5.41) is 3.78. The first-order valence-electron chi connectivity index (χ1n) is 5.14. The number of nitrogens with zero attached hydrogens (tertiary/aromatic N) is 3. The average molecular weight is 213 g/mol. The van der Waals surface area contributed by atoms with Crippen molar-refractivity contribution in [2.75, 3.05) is 27.3 Å². The molecule has 1 unspecified atom stereocenters. The Hall–Kier alpha value is -0.940. The SMILES string of the molecule is COCCCN(C)C(C)c1nc(C)no1. The van der Waals surface area contributed by atoms with Gasteiger partial charge in [0.05, 0.1) is 6.04 Å². The van der Waals surface area contributed by atoms with Crippen LogP contribution in [0.2, 0.25) is 0 Å². The number of aryl methyl sites for hydroxylation is 1. The number of hydrogen-bond donors (Lipinski definition) is 0. The van der Waals surface area contributed by atoms with Crippen LogP contribution in [-0.2, 0) is 4.74 Å². The molecule has 86 valence electrons. The molecule has 0 aromatic carbocycles. The lowest BCUT2D eigenvalue weighted by Gasteiger charge is -2.21. The minimum Gasteiger partial charge on any atom is -0.385 e. The summed E-state index contributed by atoms with van der Waals surface area (Å²) in [4.78, 5) is 6.38. The predicted molar refractivity (Wildman–Crippen MR) is 56.6 cm³/mol. The minimum atomic E-state index is 0.156. The number of rotatable bonds is 6. The van der Waals surface area contributed by atoms with Gasteiger partial charge in [-0.05, 0) is 27.3 Å². The summed E-state index contributed by atoms with van der Waals surface area (Å²) in [6, 6.07) is 0.156. The van der Waals surface area contributed by atoms with Crippen LogP contribution in [0.4, 0.5) is 0 Å². The Morgan fingerprint density at radius 2 is 2.27 bits per heavy atom. The van der Waals surface area contributed by atoms with Crippen LogP contribution in [0.15, 0.2) is 4.52 Å². The Morgan fingerprint density at radius 3 is 2.80 bits per heavy atom. The van der Waals surface area contributed by atoms with Gasteiger partial charge in [-0.3, -0.25) is 4.90 Å². The van der Waals surface area contributed by atoms with E-state index in [9.17, 15) is 0 Å². The van der Waals surface area contributed by atoms with E-state index < -0.39 is 0 Å². The molecule has 0 radical (unpaired) electrons. The van der Waals surface area contributed by atoms with Crippen molar-refractivity contribution in [3.8, 4) is 0 Å². The minimum absolute atomic E-state index is 0.156. The average Bonchev–Trinajstić information content (AvgIpc) is 2.64. The van der Waals surface area contributed by atoms with Crippen LogP contribution in [0.25, 0.3) is 0 Å². The van der Waals surface area contributed by atoms with Gasteiger partial charge in [-0.1, -0.05) is 5.16 Å². The van der Waals surface area contributed by atoms with Crippen LogP contribution >= 0.6 is 0 Å². The fourth-order valence-corrected chi connectivity index (χ4v) is 1.32. The summed E-state index contributed by atoms with van der Waals surface area (Å²) in [7, 11) is 3.75. The highest BCUT2D eigenvalue weighted by atomic mass is 16.5. The number of ether oxygens (including phenoxy) is 1. The van der Waals surface area contributed by atoms with Gasteiger partial charge < -0.3 is 9.26 Å². The van der Waals surface area contributed by atoms with Crippen LogP contribution in [-0.4, -0.2) is 42.3 Å². The van der Waals surface area contributed by atoms with Crippen molar-refractivity contribution in [3.63, 3.8) is 0 Å². The quantitative estimate of drug-likeness (QED) is 0.669. The van der Waals surface area contributed by atoms with E-state index in [2.05, 4.69) is 22.0 Å². The van der Waals surface area contributed by atoms with Crippen LogP contribution < -0.4 is 0 Å². The van der Waals surface area contributed by atoms with E-state index >= 15 is 0 Å². The molecule has 1 atom stereocenters. The van der Waals surface area contributed by atoms with Crippen LogP contribution in [0, 0.1) is 6.92 Å². The third-order valence-electron chi connectivity index (χ3n) is 2.42. The van der Waals surface area contributed by atoms with Gasteiger partial charge in [0, 0.05) is 20.3 Å². The molecule has 1 aromatic rings. The van der Waals surface area contributed by atoms with Crippen molar-refractivity contribution >= 4 is 0 Å². The van der Waals surface area contributed by atoms with Gasteiger partial charge in [0.1, 0.15) is 0 Å². The molecular weight excluding hydrogens is 194 g/mol. The second-order valence-corrected chi connectivity index (χ2v) is 3.68. The van der Waals surface area contributed by atoms with Gasteiger partial charge in [-0.15, -0.1) is 0 Å². The molecule has 0 saturated heterocycles. The summed E-state index contributed by atoms with van der Waals surface area (Å²) < 4.78 is 10.1. The molecular formula is C10H19N3O2. The molecule has 0 aliphatic carbocycles. The lowest BCUT2D eigenvalue weighted by Crippen LogP contribution is -2.24. The molecule has 0 amide bonds. The molecule has 5 nitrogen and oxygen atoms in total. The first-order chi connectivity index (χ1) is 7.15. The van der Waals surface area contributed by atoms with Crippen molar-refractivity contribution in [1.29, 1.82) is 0 Å². The zero-order valence-electron chi connectivity index (χ0n) is 9.86. The Kier molecular flexibility index (Phi) is 4.71. The smallest absolute Gasteiger partial charge is 0.243 e. The first-order valence-corrected chi connectivity index (χ1v) is 5.14. The van der Waals surface area contributed by atoms with E-state index in [-0.39, 0.29) is 6.04 Å². The summed E-state index contributed by atoms with van der Waals surface area (Å²) >= 11 is 0. The summed E-state index contributed by atoms with van der Waals surface area (Å²) in [6.07, 6.45) is 1.00. The molecule has 0 aliphatic rings. The lowest BCUT2D eigenvalue weighted by atomic mass is 10.3. The Balaban J connectivity index is 2.42. The van der Waals surface area contributed by atoms with Crippen LogP contribution in [0.5, 0.6) is 0 Å². The molecule has 0 bridgehead atoms. The van der Waals surface area contributed by atoms with Gasteiger partial charge in [0.25, 0.3) is 0 Å². The molecule has 1 rings (SSSR count). The monoisotopic (exact) mass is 213 g/mol. The molecule has 1 heterocycles. The standard InChI is InChI=1S/C10H19N3O2/c1-8(10-11-9(2)12-15-10)13(3)6-5-7-14-4/h8H,5-7H2,1-4H3. The molecule has 5 heteroatoms. The maximum Gasteiger partial charge on any atom is 0.243 e. The molecule has 0 N–H and O–H groups in total. The van der Waals surface area contributed by atoms with Crippen LogP contribution in [0.3, 0.4) is 0 Å². The fraction of sp³-hybridized carbons (Fsp3) is 0.800. The lowest BCUT2D eigenvalue weighted by molar-refractivity contribution is 0.158.